The maximum atomic E-state index is 10.2. The Bertz CT molecular complexity index is 152. The van der Waals surface area contributed by atoms with Crippen molar-refractivity contribution >= 4 is 18.4 Å². The SMILES string of the molecule is Cl.N[C@]1(C(=O)O)CC[C@H]1O. The van der Waals surface area contributed by atoms with Gasteiger partial charge in [-0.15, -0.1) is 12.4 Å². The summed E-state index contributed by atoms with van der Waals surface area (Å²) in [5.74, 6) is -1.11. The molecule has 0 aromatic rings. The number of aliphatic hydroxyl groups is 1. The molecule has 0 aromatic heterocycles. The number of carboxylic acid groups (broad SMARTS) is 1. The summed E-state index contributed by atoms with van der Waals surface area (Å²) in [5.41, 5.74) is 3.89. The monoisotopic (exact) mass is 167 g/mol. The predicted octanol–water partition coefficient (Wildman–Crippen LogP) is -0.655. The summed E-state index contributed by atoms with van der Waals surface area (Å²) < 4.78 is 0. The molecule has 4 nitrogen and oxygen atoms in total. The normalized spacial score (nSPS) is 37.6. The highest BCUT2D eigenvalue weighted by Gasteiger charge is 2.49. The minimum atomic E-state index is -1.35. The van der Waals surface area contributed by atoms with Gasteiger partial charge in [-0.25, -0.2) is 0 Å². The van der Waals surface area contributed by atoms with Crippen molar-refractivity contribution in [2.45, 2.75) is 24.5 Å². The Morgan fingerprint density at radius 2 is 2.20 bits per heavy atom. The summed E-state index contributed by atoms with van der Waals surface area (Å²) >= 11 is 0. The molecule has 0 heterocycles. The third kappa shape index (κ3) is 1.10. The molecule has 1 fully saturated rings. The van der Waals surface area contributed by atoms with Crippen LogP contribution in [0, 0.1) is 0 Å². The van der Waals surface area contributed by atoms with Gasteiger partial charge in [0.15, 0.2) is 0 Å². The number of aliphatic carboxylic acids is 1. The van der Waals surface area contributed by atoms with E-state index in [1.165, 1.54) is 0 Å². The number of hydrogen-bond acceptors (Lipinski definition) is 3. The second kappa shape index (κ2) is 2.74. The fourth-order valence-electron chi connectivity index (χ4n) is 0.834. The standard InChI is InChI=1S/C5H9NO3.ClH/c6-5(4(8)9)2-1-3(5)7;/h3,7H,1-2,6H2,(H,8,9);1H/t3-,5-;/m1./s1. The highest BCUT2D eigenvalue weighted by molar-refractivity contribution is 5.85. The van der Waals surface area contributed by atoms with Crippen LogP contribution >= 0.6 is 12.4 Å². The molecule has 0 aromatic carbocycles. The van der Waals surface area contributed by atoms with E-state index < -0.39 is 17.6 Å². The Morgan fingerprint density at radius 3 is 2.20 bits per heavy atom. The van der Waals surface area contributed by atoms with Gasteiger partial charge in [-0.05, 0) is 12.8 Å². The summed E-state index contributed by atoms with van der Waals surface area (Å²) in [7, 11) is 0. The molecule has 1 aliphatic carbocycles. The molecular weight excluding hydrogens is 158 g/mol. The zero-order chi connectivity index (χ0) is 7.07. The van der Waals surface area contributed by atoms with E-state index in [9.17, 15) is 4.79 Å². The van der Waals surface area contributed by atoms with Gasteiger partial charge in [0.2, 0.25) is 0 Å². The van der Waals surface area contributed by atoms with Gasteiger partial charge in [0.05, 0.1) is 6.10 Å². The molecule has 0 unspecified atom stereocenters. The Hall–Kier alpha value is -0.320. The van der Waals surface area contributed by atoms with Crippen molar-refractivity contribution in [1.29, 1.82) is 0 Å². The van der Waals surface area contributed by atoms with Crippen molar-refractivity contribution in [2.75, 3.05) is 0 Å². The van der Waals surface area contributed by atoms with Crippen LogP contribution < -0.4 is 5.73 Å². The van der Waals surface area contributed by atoms with Crippen LogP contribution in [-0.2, 0) is 4.79 Å². The minimum Gasteiger partial charge on any atom is -0.480 e. The average Bonchev–Trinajstić information content (AvgIpc) is 1.82. The van der Waals surface area contributed by atoms with E-state index in [0.29, 0.717) is 12.8 Å². The molecule has 1 aliphatic rings. The quantitative estimate of drug-likeness (QED) is 0.485. The molecule has 60 valence electrons. The zero-order valence-corrected chi connectivity index (χ0v) is 6.10. The highest BCUT2D eigenvalue weighted by atomic mass is 35.5. The van der Waals surface area contributed by atoms with Gasteiger partial charge >= 0.3 is 5.97 Å². The van der Waals surface area contributed by atoms with E-state index >= 15 is 0 Å². The lowest BCUT2D eigenvalue weighted by atomic mass is 9.75. The Kier molecular flexibility index (Phi) is 2.65. The lowest BCUT2D eigenvalue weighted by Gasteiger charge is -2.39. The van der Waals surface area contributed by atoms with Crippen molar-refractivity contribution in [3.05, 3.63) is 0 Å². The molecule has 1 rings (SSSR count). The molecule has 0 radical (unpaired) electrons. The molecule has 1 saturated carbocycles. The van der Waals surface area contributed by atoms with E-state index in [1.807, 2.05) is 0 Å². The summed E-state index contributed by atoms with van der Waals surface area (Å²) in [6, 6.07) is 0. The number of hydrogen-bond donors (Lipinski definition) is 3. The first-order chi connectivity index (χ1) is 4.07. The van der Waals surface area contributed by atoms with Crippen LogP contribution in [0.15, 0.2) is 0 Å². The van der Waals surface area contributed by atoms with Crippen LogP contribution in [0.5, 0.6) is 0 Å². The topological polar surface area (TPSA) is 83.6 Å². The van der Waals surface area contributed by atoms with Crippen molar-refractivity contribution < 1.29 is 15.0 Å². The van der Waals surface area contributed by atoms with Crippen LogP contribution in [0.2, 0.25) is 0 Å². The van der Waals surface area contributed by atoms with Crippen LogP contribution in [0.1, 0.15) is 12.8 Å². The molecule has 2 atom stereocenters. The van der Waals surface area contributed by atoms with Crippen LogP contribution in [-0.4, -0.2) is 27.8 Å². The van der Waals surface area contributed by atoms with Crippen LogP contribution in [0.25, 0.3) is 0 Å². The molecule has 0 saturated heterocycles. The summed E-state index contributed by atoms with van der Waals surface area (Å²) in [4.78, 5) is 10.2. The number of carboxylic acids is 1. The molecular formula is C5H10ClNO3. The van der Waals surface area contributed by atoms with E-state index in [4.69, 9.17) is 15.9 Å². The lowest BCUT2D eigenvalue weighted by Crippen LogP contribution is -2.64. The molecule has 10 heavy (non-hydrogen) atoms. The van der Waals surface area contributed by atoms with E-state index in [0.717, 1.165) is 0 Å². The maximum absolute atomic E-state index is 10.2. The van der Waals surface area contributed by atoms with E-state index in [1.54, 1.807) is 0 Å². The third-order valence-corrected chi connectivity index (χ3v) is 1.82. The molecule has 0 aliphatic heterocycles. The van der Waals surface area contributed by atoms with Crippen molar-refractivity contribution in [2.24, 2.45) is 5.73 Å². The van der Waals surface area contributed by atoms with Gasteiger partial charge in [0.1, 0.15) is 5.54 Å². The second-order valence-corrected chi connectivity index (χ2v) is 2.40. The molecule has 5 heteroatoms. The van der Waals surface area contributed by atoms with E-state index in [-0.39, 0.29) is 12.4 Å². The Balaban J connectivity index is 0.000000810. The average molecular weight is 168 g/mol. The highest BCUT2D eigenvalue weighted by Crippen LogP contribution is 2.29. The maximum Gasteiger partial charge on any atom is 0.326 e. The van der Waals surface area contributed by atoms with Gasteiger partial charge in [-0.3, -0.25) is 4.79 Å². The lowest BCUT2D eigenvalue weighted by molar-refractivity contribution is -0.155. The van der Waals surface area contributed by atoms with Gasteiger partial charge in [-0.1, -0.05) is 0 Å². The molecule has 0 amide bonds. The zero-order valence-electron chi connectivity index (χ0n) is 5.28. The molecule has 0 spiro atoms. The number of carbonyl (C=O) groups is 1. The largest absolute Gasteiger partial charge is 0.480 e. The second-order valence-electron chi connectivity index (χ2n) is 2.40. The number of halogens is 1. The van der Waals surface area contributed by atoms with Crippen LogP contribution in [0.3, 0.4) is 0 Å². The first-order valence-electron chi connectivity index (χ1n) is 2.78. The minimum absolute atomic E-state index is 0. The van der Waals surface area contributed by atoms with E-state index in [2.05, 4.69) is 0 Å². The van der Waals surface area contributed by atoms with Crippen molar-refractivity contribution in [3.63, 3.8) is 0 Å². The number of rotatable bonds is 1. The first kappa shape index (κ1) is 9.68. The number of nitrogens with two attached hydrogens (primary N) is 1. The smallest absolute Gasteiger partial charge is 0.326 e. The summed E-state index contributed by atoms with van der Waals surface area (Å²) in [5, 5.41) is 17.2. The van der Waals surface area contributed by atoms with Gasteiger partial charge in [0, 0.05) is 0 Å². The predicted molar refractivity (Wildman–Crippen MR) is 37.0 cm³/mol. The third-order valence-electron chi connectivity index (χ3n) is 1.82. The van der Waals surface area contributed by atoms with Crippen molar-refractivity contribution in [3.8, 4) is 0 Å². The fraction of sp³-hybridized carbons (Fsp3) is 0.800. The number of aliphatic hydroxyl groups excluding tert-OH is 1. The van der Waals surface area contributed by atoms with Gasteiger partial charge < -0.3 is 15.9 Å². The summed E-state index contributed by atoms with van der Waals surface area (Å²) in [6.07, 6.45) is 0.0294. The fourth-order valence-corrected chi connectivity index (χ4v) is 0.834. The molecule has 4 N–H and O–H groups in total. The molecule has 0 bridgehead atoms. The Morgan fingerprint density at radius 1 is 1.70 bits per heavy atom. The summed E-state index contributed by atoms with van der Waals surface area (Å²) in [6.45, 7) is 0. The van der Waals surface area contributed by atoms with Gasteiger partial charge in [0.25, 0.3) is 0 Å². The Labute approximate surface area is 64.4 Å². The first-order valence-corrected chi connectivity index (χ1v) is 2.78. The van der Waals surface area contributed by atoms with Crippen LogP contribution in [0.4, 0.5) is 0 Å². The van der Waals surface area contributed by atoms with Crippen molar-refractivity contribution in [1.82, 2.24) is 0 Å². The van der Waals surface area contributed by atoms with Gasteiger partial charge in [-0.2, -0.15) is 0 Å².